The molecule has 1 atom stereocenters. The van der Waals surface area contributed by atoms with E-state index in [0.717, 1.165) is 35.3 Å². The summed E-state index contributed by atoms with van der Waals surface area (Å²) in [6.07, 6.45) is 1.59. The highest BCUT2D eigenvalue weighted by Gasteiger charge is 2.31. The highest BCUT2D eigenvalue weighted by Crippen LogP contribution is 2.41. The van der Waals surface area contributed by atoms with E-state index in [2.05, 4.69) is 0 Å². The van der Waals surface area contributed by atoms with Gasteiger partial charge >= 0.3 is 0 Å². The SMILES string of the molecule is COc1ccc([C@@H]2CCc3cc4c(cc3C2=O)OCO4)cc1OC. The summed E-state index contributed by atoms with van der Waals surface area (Å²) >= 11 is 0. The molecular weight excluding hydrogens is 308 g/mol. The Labute approximate surface area is 140 Å². The normalized spacial score (nSPS) is 18.2. The van der Waals surface area contributed by atoms with Crippen LogP contribution in [0.3, 0.4) is 0 Å². The van der Waals surface area contributed by atoms with Crippen LogP contribution >= 0.6 is 0 Å². The molecule has 2 aromatic carbocycles. The molecule has 0 spiro atoms. The van der Waals surface area contributed by atoms with Crippen molar-refractivity contribution in [2.75, 3.05) is 21.0 Å². The van der Waals surface area contributed by atoms with E-state index in [9.17, 15) is 4.79 Å². The molecule has 0 aromatic heterocycles. The lowest BCUT2D eigenvalue weighted by molar-refractivity contribution is 0.0945. The number of carbonyl (C=O) groups excluding carboxylic acids is 1. The molecule has 4 rings (SSSR count). The van der Waals surface area contributed by atoms with E-state index in [-0.39, 0.29) is 18.5 Å². The monoisotopic (exact) mass is 326 g/mol. The molecule has 1 heterocycles. The molecule has 0 N–H and O–H groups in total. The van der Waals surface area contributed by atoms with E-state index in [1.54, 1.807) is 14.2 Å². The predicted molar refractivity (Wildman–Crippen MR) is 87.5 cm³/mol. The molecule has 2 aromatic rings. The van der Waals surface area contributed by atoms with E-state index < -0.39 is 0 Å². The Morgan fingerprint density at radius 1 is 1.00 bits per heavy atom. The number of aryl methyl sites for hydroxylation is 1. The van der Waals surface area contributed by atoms with Gasteiger partial charge in [-0.15, -0.1) is 0 Å². The third-order valence-corrected chi connectivity index (χ3v) is 4.69. The second kappa shape index (κ2) is 5.74. The van der Waals surface area contributed by atoms with Crippen molar-refractivity contribution in [3.05, 3.63) is 47.0 Å². The third-order valence-electron chi connectivity index (χ3n) is 4.69. The van der Waals surface area contributed by atoms with Gasteiger partial charge in [-0.3, -0.25) is 4.79 Å². The largest absolute Gasteiger partial charge is 0.493 e. The van der Waals surface area contributed by atoms with Crippen LogP contribution in [0.2, 0.25) is 0 Å². The Bertz CT molecular complexity index is 812. The maximum atomic E-state index is 13.0. The van der Waals surface area contributed by atoms with Gasteiger partial charge in [0.15, 0.2) is 28.8 Å². The quantitative estimate of drug-likeness (QED) is 0.866. The van der Waals surface area contributed by atoms with Crippen molar-refractivity contribution >= 4 is 5.78 Å². The number of fused-ring (bicyclic) bond motifs is 2. The molecule has 0 amide bonds. The smallest absolute Gasteiger partial charge is 0.231 e. The van der Waals surface area contributed by atoms with Crippen LogP contribution < -0.4 is 18.9 Å². The fourth-order valence-electron chi connectivity index (χ4n) is 3.43. The highest BCUT2D eigenvalue weighted by atomic mass is 16.7. The number of ketones is 1. The Morgan fingerprint density at radius 3 is 2.50 bits per heavy atom. The van der Waals surface area contributed by atoms with Gasteiger partial charge in [-0.1, -0.05) is 6.07 Å². The minimum atomic E-state index is -0.183. The highest BCUT2D eigenvalue weighted by molar-refractivity contribution is 6.03. The van der Waals surface area contributed by atoms with Gasteiger partial charge in [0.25, 0.3) is 0 Å². The van der Waals surface area contributed by atoms with Gasteiger partial charge in [0, 0.05) is 11.5 Å². The third kappa shape index (κ3) is 2.28. The van der Waals surface area contributed by atoms with Crippen molar-refractivity contribution in [1.29, 1.82) is 0 Å². The summed E-state index contributed by atoms with van der Waals surface area (Å²) in [6, 6.07) is 9.41. The number of hydrogen-bond donors (Lipinski definition) is 0. The van der Waals surface area contributed by atoms with Gasteiger partial charge in [0.1, 0.15) is 0 Å². The van der Waals surface area contributed by atoms with E-state index in [4.69, 9.17) is 18.9 Å². The Hall–Kier alpha value is -2.69. The lowest BCUT2D eigenvalue weighted by atomic mass is 9.79. The van der Waals surface area contributed by atoms with E-state index in [1.165, 1.54) is 0 Å². The maximum Gasteiger partial charge on any atom is 0.231 e. The number of rotatable bonds is 3. The fraction of sp³-hybridized carbons (Fsp3) is 0.316. The molecule has 5 nitrogen and oxygen atoms in total. The predicted octanol–water partition coefficient (Wildman–Crippen LogP) is 3.35. The van der Waals surface area contributed by atoms with E-state index in [1.807, 2.05) is 30.3 Å². The number of carbonyl (C=O) groups is 1. The van der Waals surface area contributed by atoms with Crippen LogP contribution in [0, 0.1) is 0 Å². The molecule has 24 heavy (non-hydrogen) atoms. The molecule has 0 fully saturated rings. The minimum Gasteiger partial charge on any atom is -0.493 e. The standard InChI is InChI=1S/C19H18O5/c1-21-15-6-4-11(7-16(15)22-2)13-5-3-12-8-17-18(24-10-23-17)9-14(12)19(13)20/h4,6-9,13H,3,5,10H2,1-2H3/t13-/m0/s1. The van der Waals surface area contributed by atoms with Crippen LogP contribution in [0.4, 0.5) is 0 Å². The molecule has 0 unspecified atom stereocenters. The number of benzene rings is 2. The van der Waals surface area contributed by atoms with Gasteiger partial charge < -0.3 is 18.9 Å². The van der Waals surface area contributed by atoms with Crippen LogP contribution in [0.1, 0.15) is 33.8 Å². The van der Waals surface area contributed by atoms with Crippen LogP contribution in [0.25, 0.3) is 0 Å². The van der Waals surface area contributed by atoms with Gasteiger partial charge in [-0.25, -0.2) is 0 Å². The summed E-state index contributed by atoms with van der Waals surface area (Å²) in [5.74, 6) is 2.60. The van der Waals surface area contributed by atoms with Crippen LogP contribution in [0.15, 0.2) is 30.3 Å². The molecule has 1 aliphatic heterocycles. The lowest BCUT2D eigenvalue weighted by Crippen LogP contribution is -2.21. The van der Waals surface area contributed by atoms with E-state index in [0.29, 0.717) is 17.2 Å². The summed E-state index contributed by atoms with van der Waals surface area (Å²) in [4.78, 5) is 13.0. The first-order valence-electron chi connectivity index (χ1n) is 7.90. The zero-order valence-corrected chi connectivity index (χ0v) is 13.6. The Balaban J connectivity index is 1.70. The van der Waals surface area contributed by atoms with Gasteiger partial charge in [-0.05, 0) is 48.2 Å². The molecule has 0 radical (unpaired) electrons. The first kappa shape index (κ1) is 14.9. The summed E-state index contributed by atoms with van der Waals surface area (Å²) < 4.78 is 21.4. The van der Waals surface area contributed by atoms with Crippen molar-refractivity contribution in [2.24, 2.45) is 0 Å². The van der Waals surface area contributed by atoms with Gasteiger partial charge in [0.2, 0.25) is 6.79 Å². The number of hydrogen-bond acceptors (Lipinski definition) is 5. The average molecular weight is 326 g/mol. The molecule has 0 saturated carbocycles. The minimum absolute atomic E-state index is 0.113. The number of ether oxygens (including phenoxy) is 4. The van der Waals surface area contributed by atoms with Crippen molar-refractivity contribution in [2.45, 2.75) is 18.8 Å². The molecule has 5 heteroatoms. The summed E-state index contributed by atoms with van der Waals surface area (Å²) in [6.45, 7) is 0.214. The van der Waals surface area contributed by atoms with Gasteiger partial charge in [0.05, 0.1) is 14.2 Å². The molecular formula is C19H18O5. The topological polar surface area (TPSA) is 54.0 Å². The van der Waals surface area contributed by atoms with Crippen molar-refractivity contribution in [1.82, 2.24) is 0 Å². The van der Waals surface area contributed by atoms with Crippen molar-refractivity contribution < 1.29 is 23.7 Å². The Morgan fingerprint density at radius 2 is 1.75 bits per heavy atom. The summed E-state index contributed by atoms with van der Waals surface area (Å²) in [7, 11) is 3.20. The maximum absolute atomic E-state index is 13.0. The summed E-state index contributed by atoms with van der Waals surface area (Å²) in [5, 5.41) is 0. The first-order chi connectivity index (χ1) is 11.7. The molecule has 0 bridgehead atoms. The average Bonchev–Trinajstić information content (AvgIpc) is 3.07. The molecule has 0 saturated heterocycles. The first-order valence-corrected chi connectivity index (χ1v) is 7.90. The van der Waals surface area contributed by atoms with Crippen LogP contribution in [-0.4, -0.2) is 26.8 Å². The van der Waals surface area contributed by atoms with Crippen molar-refractivity contribution in [3.63, 3.8) is 0 Å². The van der Waals surface area contributed by atoms with Crippen molar-refractivity contribution in [3.8, 4) is 23.0 Å². The molecule has 124 valence electrons. The molecule has 2 aliphatic rings. The summed E-state index contributed by atoms with van der Waals surface area (Å²) in [5.41, 5.74) is 2.70. The zero-order valence-electron chi connectivity index (χ0n) is 13.6. The number of methoxy groups -OCH3 is 2. The second-order valence-electron chi connectivity index (χ2n) is 5.93. The van der Waals surface area contributed by atoms with Gasteiger partial charge in [-0.2, -0.15) is 0 Å². The fourth-order valence-corrected chi connectivity index (χ4v) is 3.43. The second-order valence-corrected chi connectivity index (χ2v) is 5.93. The molecule has 1 aliphatic carbocycles. The van der Waals surface area contributed by atoms with E-state index >= 15 is 0 Å². The Kier molecular flexibility index (Phi) is 3.56. The number of Topliss-reactive ketones (excluding diaryl/α,β-unsaturated/α-hetero) is 1. The zero-order chi connectivity index (χ0) is 16.7. The van der Waals surface area contributed by atoms with Crippen LogP contribution in [0.5, 0.6) is 23.0 Å². The van der Waals surface area contributed by atoms with Crippen LogP contribution in [-0.2, 0) is 6.42 Å². The lowest BCUT2D eigenvalue weighted by Gasteiger charge is -2.24.